The molecule has 2 N–H and O–H groups in total. The minimum absolute atomic E-state index is 0.204. The van der Waals surface area contributed by atoms with Crippen molar-refractivity contribution in [2.45, 2.75) is 6.92 Å². The van der Waals surface area contributed by atoms with Crippen molar-refractivity contribution in [3.8, 4) is 29.1 Å². The summed E-state index contributed by atoms with van der Waals surface area (Å²) >= 11 is 0. The van der Waals surface area contributed by atoms with Gasteiger partial charge in [0.1, 0.15) is 12.4 Å². The molecule has 0 heterocycles. The van der Waals surface area contributed by atoms with E-state index in [-0.39, 0.29) is 19.2 Å². The number of nitrogens with one attached hydrogen (secondary N) is 2. The van der Waals surface area contributed by atoms with Crippen molar-refractivity contribution in [1.29, 1.82) is 0 Å². The number of hydrogen-bond acceptors (Lipinski definition) is 4. The minimum Gasteiger partial charge on any atom is -0.493 e. The second kappa shape index (κ2) is 9.84. The molecule has 0 aliphatic rings. The Labute approximate surface area is 153 Å². The van der Waals surface area contributed by atoms with E-state index in [0.717, 1.165) is 11.3 Å². The minimum atomic E-state index is -0.384. The van der Waals surface area contributed by atoms with E-state index in [1.807, 2.05) is 31.2 Å². The van der Waals surface area contributed by atoms with E-state index in [1.54, 1.807) is 18.2 Å². The van der Waals surface area contributed by atoms with Gasteiger partial charge in [0.2, 0.25) is 0 Å². The summed E-state index contributed by atoms with van der Waals surface area (Å²) in [6.07, 6.45) is 0. The largest absolute Gasteiger partial charge is 0.493 e. The van der Waals surface area contributed by atoms with Crippen molar-refractivity contribution in [3.63, 3.8) is 0 Å². The van der Waals surface area contributed by atoms with Crippen LogP contribution in [0, 0.1) is 18.8 Å². The molecular formula is C20H22N2O4. The average Bonchev–Trinajstić information content (AvgIpc) is 2.65. The van der Waals surface area contributed by atoms with Gasteiger partial charge in [-0.2, -0.15) is 0 Å². The molecule has 2 amide bonds. The fourth-order valence-corrected chi connectivity index (χ4v) is 2.22. The van der Waals surface area contributed by atoms with Gasteiger partial charge in [0.15, 0.2) is 11.5 Å². The molecule has 26 heavy (non-hydrogen) atoms. The molecule has 0 aromatic heterocycles. The predicted molar refractivity (Wildman–Crippen MR) is 101 cm³/mol. The van der Waals surface area contributed by atoms with Gasteiger partial charge in [-0.05, 0) is 30.7 Å². The maximum absolute atomic E-state index is 12.0. The summed E-state index contributed by atoms with van der Waals surface area (Å²) in [6.45, 7) is 2.44. The number of carbonyl (C=O) groups is 1. The fourth-order valence-electron chi connectivity index (χ4n) is 2.22. The van der Waals surface area contributed by atoms with E-state index in [2.05, 4.69) is 22.5 Å². The molecule has 0 radical (unpaired) electrons. The number of aryl methyl sites for hydroxylation is 1. The Hall–Kier alpha value is -3.33. The van der Waals surface area contributed by atoms with E-state index in [9.17, 15) is 4.79 Å². The first kappa shape index (κ1) is 19.0. The summed E-state index contributed by atoms with van der Waals surface area (Å²) in [6, 6.07) is 12.6. The van der Waals surface area contributed by atoms with Crippen LogP contribution < -0.4 is 24.8 Å². The van der Waals surface area contributed by atoms with E-state index in [0.29, 0.717) is 17.2 Å². The first-order chi connectivity index (χ1) is 12.7. The molecule has 6 nitrogen and oxygen atoms in total. The second-order valence-corrected chi connectivity index (χ2v) is 5.26. The van der Waals surface area contributed by atoms with Crippen LogP contribution in [0.3, 0.4) is 0 Å². The summed E-state index contributed by atoms with van der Waals surface area (Å²) < 4.78 is 16.0. The second-order valence-electron chi connectivity index (χ2n) is 5.26. The molecule has 2 aromatic carbocycles. The van der Waals surface area contributed by atoms with Crippen molar-refractivity contribution >= 4 is 11.7 Å². The highest BCUT2D eigenvalue weighted by atomic mass is 16.5. The molecular weight excluding hydrogens is 332 g/mol. The molecule has 2 rings (SSSR count). The normalized spacial score (nSPS) is 9.50. The number of ether oxygens (including phenoxy) is 3. The third-order valence-electron chi connectivity index (χ3n) is 3.51. The molecule has 0 saturated carbocycles. The quantitative estimate of drug-likeness (QED) is 0.782. The van der Waals surface area contributed by atoms with Crippen LogP contribution in [0.5, 0.6) is 17.2 Å². The first-order valence-electron chi connectivity index (χ1n) is 8.05. The van der Waals surface area contributed by atoms with Crippen LogP contribution in [0.1, 0.15) is 5.56 Å². The Morgan fingerprint density at radius 1 is 1.00 bits per heavy atom. The number of para-hydroxylation sites is 2. The fraction of sp³-hybridized carbons (Fsp3) is 0.250. The van der Waals surface area contributed by atoms with Crippen LogP contribution in [0.25, 0.3) is 0 Å². The first-order valence-corrected chi connectivity index (χ1v) is 8.05. The Kier molecular flexibility index (Phi) is 7.19. The number of rotatable bonds is 6. The lowest BCUT2D eigenvalue weighted by atomic mass is 10.2. The van der Waals surface area contributed by atoms with Crippen LogP contribution in [-0.4, -0.2) is 33.4 Å². The summed E-state index contributed by atoms with van der Waals surface area (Å²) in [7, 11) is 3.05. The van der Waals surface area contributed by atoms with Crippen LogP contribution >= 0.6 is 0 Å². The van der Waals surface area contributed by atoms with Gasteiger partial charge in [-0.3, -0.25) is 0 Å². The van der Waals surface area contributed by atoms with E-state index < -0.39 is 0 Å². The van der Waals surface area contributed by atoms with Gasteiger partial charge in [0.05, 0.1) is 26.5 Å². The van der Waals surface area contributed by atoms with Crippen LogP contribution in [0.4, 0.5) is 10.5 Å². The van der Waals surface area contributed by atoms with E-state index in [4.69, 9.17) is 14.2 Å². The summed E-state index contributed by atoms with van der Waals surface area (Å²) in [5.74, 6) is 7.51. The standard InChI is InChI=1S/C20H22N2O4/c1-15-9-4-5-11-17(15)26-14-7-6-13-21-20(23)22-16-10-8-12-18(24-2)19(16)25-3/h4-5,8-12H,13-14H2,1-3H3,(H2,21,22,23). The lowest BCUT2D eigenvalue weighted by molar-refractivity contribution is 0.253. The van der Waals surface area contributed by atoms with Gasteiger partial charge in [0.25, 0.3) is 0 Å². The highest BCUT2D eigenvalue weighted by Crippen LogP contribution is 2.34. The van der Waals surface area contributed by atoms with Crippen LogP contribution in [0.2, 0.25) is 0 Å². The van der Waals surface area contributed by atoms with Gasteiger partial charge in [-0.15, -0.1) is 0 Å². The van der Waals surface area contributed by atoms with Gasteiger partial charge < -0.3 is 24.8 Å². The van der Waals surface area contributed by atoms with Crippen molar-refractivity contribution < 1.29 is 19.0 Å². The van der Waals surface area contributed by atoms with Gasteiger partial charge in [0, 0.05) is 0 Å². The number of benzene rings is 2. The highest BCUT2D eigenvalue weighted by Gasteiger charge is 2.11. The Morgan fingerprint density at radius 2 is 1.77 bits per heavy atom. The average molecular weight is 354 g/mol. The lowest BCUT2D eigenvalue weighted by Crippen LogP contribution is -2.29. The predicted octanol–water partition coefficient (Wildman–Crippen LogP) is 3.22. The molecule has 0 aliphatic heterocycles. The third-order valence-corrected chi connectivity index (χ3v) is 3.51. The van der Waals surface area contributed by atoms with Crippen LogP contribution in [0.15, 0.2) is 42.5 Å². The number of amides is 2. The smallest absolute Gasteiger partial charge is 0.320 e. The monoisotopic (exact) mass is 354 g/mol. The maximum atomic E-state index is 12.0. The van der Waals surface area contributed by atoms with Crippen molar-refractivity contribution in [3.05, 3.63) is 48.0 Å². The summed E-state index contributed by atoms with van der Waals surface area (Å²) in [5.41, 5.74) is 1.57. The number of methoxy groups -OCH3 is 2. The number of urea groups is 1. The third kappa shape index (κ3) is 5.35. The zero-order valence-electron chi connectivity index (χ0n) is 15.1. The molecule has 136 valence electrons. The number of carbonyl (C=O) groups excluding carboxylic acids is 1. The topological polar surface area (TPSA) is 68.8 Å². The molecule has 0 saturated heterocycles. The molecule has 0 fully saturated rings. The Morgan fingerprint density at radius 3 is 2.50 bits per heavy atom. The number of hydrogen-bond donors (Lipinski definition) is 2. The molecule has 0 bridgehead atoms. The SMILES string of the molecule is COc1cccc(NC(=O)NCC#CCOc2ccccc2C)c1OC. The summed E-state index contributed by atoms with van der Waals surface area (Å²) in [5, 5.41) is 5.36. The zero-order valence-corrected chi connectivity index (χ0v) is 15.1. The van der Waals surface area contributed by atoms with E-state index in [1.165, 1.54) is 14.2 Å². The van der Waals surface area contributed by atoms with Crippen LogP contribution in [-0.2, 0) is 0 Å². The van der Waals surface area contributed by atoms with E-state index >= 15 is 0 Å². The van der Waals surface area contributed by atoms with Gasteiger partial charge in [-0.25, -0.2) is 4.79 Å². The van der Waals surface area contributed by atoms with Crippen molar-refractivity contribution in [1.82, 2.24) is 5.32 Å². The Balaban J connectivity index is 1.79. The molecule has 0 atom stereocenters. The zero-order chi connectivity index (χ0) is 18.8. The highest BCUT2D eigenvalue weighted by molar-refractivity contribution is 5.91. The van der Waals surface area contributed by atoms with Crippen molar-refractivity contribution in [2.24, 2.45) is 0 Å². The molecule has 0 unspecified atom stereocenters. The summed E-state index contributed by atoms with van der Waals surface area (Å²) in [4.78, 5) is 12.0. The Bertz CT molecular complexity index is 809. The number of anilines is 1. The molecule has 6 heteroatoms. The molecule has 2 aromatic rings. The lowest BCUT2D eigenvalue weighted by Gasteiger charge is -2.13. The van der Waals surface area contributed by atoms with Crippen molar-refractivity contribution in [2.75, 3.05) is 32.7 Å². The maximum Gasteiger partial charge on any atom is 0.320 e. The molecule has 0 aliphatic carbocycles. The molecule has 0 spiro atoms. The van der Waals surface area contributed by atoms with Gasteiger partial charge in [-0.1, -0.05) is 36.1 Å². The van der Waals surface area contributed by atoms with Gasteiger partial charge >= 0.3 is 6.03 Å².